The second-order valence-corrected chi connectivity index (χ2v) is 11.3. The van der Waals surface area contributed by atoms with Crippen LogP contribution in [0.5, 0.6) is 0 Å². The Morgan fingerprint density at radius 3 is 2.19 bits per heavy atom. The number of carbonyl (C=O) groups excluding carboxylic acids is 1. The molecule has 172 valence electrons. The van der Waals surface area contributed by atoms with E-state index in [1.807, 2.05) is 6.92 Å². The Bertz CT molecular complexity index is 1170. The number of fused-ring (bicyclic) bond motifs is 2. The summed E-state index contributed by atoms with van der Waals surface area (Å²) in [5, 5.41) is 12.2. The molecule has 2 N–H and O–H groups in total. The summed E-state index contributed by atoms with van der Waals surface area (Å²) < 4.78 is 66.8. The Hall–Kier alpha value is -2.39. The molecule has 0 aromatic heterocycles. The number of halogens is 3. The van der Waals surface area contributed by atoms with E-state index in [4.69, 9.17) is 0 Å². The molecule has 5 nitrogen and oxygen atoms in total. The second-order valence-electron chi connectivity index (χ2n) is 9.12. The van der Waals surface area contributed by atoms with Gasteiger partial charge in [-0.1, -0.05) is 13.0 Å². The largest absolute Gasteiger partial charge is 0.390 e. The van der Waals surface area contributed by atoms with E-state index in [0.29, 0.717) is 30.5 Å². The molecule has 2 aromatic rings. The van der Waals surface area contributed by atoms with Gasteiger partial charge in [0.1, 0.15) is 0 Å². The van der Waals surface area contributed by atoms with E-state index in [2.05, 4.69) is 5.32 Å². The van der Waals surface area contributed by atoms with E-state index < -0.39 is 44.0 Å². The first-order chi connectivity index (χ1) is 14.8. The Labute approximate surface area is 184 Å². The molecule has 2 bridgehead atoms. The normalized spacial score (nSPS) is 29.3. The fraction of sp³-hybridized carbons (Fsp3) is 0.435. The maximum absolute atomic E-state index is 13.4. The minimum absolute atomic E-state index is 0.0133. The smallest absolute Gasteiger partial charge is 0.255 e. The Morgan fingerprint density at radius 1 is 1.09 bits per heavy atom. The number of nitrogens with one attached hydrogen (secondary N) is 1. The molecule has 3 aliphatic carbocycles. The van der Waals surface area contributed by atoms with Gasteiger partial charge in [-0.25, -0.2) is 21.6 Å². The van der Waals surface area contributed by atoms with Crippen molar-refractivity contribution < 1.29 is 31.5 Å². The van der Waals surface area contributed by atoms with Crippen LogP contribution in [0.4, 0.5) is 18.9 Å². The van der Waals surface area contributed by atoms with E-state index in [9.17, 15) is 31.5 Å². The van der Waals surface area contributed by atoms with Crippen LogP contribution in [0, 0.1) is 42.1 Å². The number of rotatable bonds is 4. The molecule has 32 heavy (non-hydrogen) atoms. The van der Waals surface area contributed by atoms with Crippen LogP contribution >= 0.6 is 0 Å². The molecule has 0 radical (unpaired) electrons. The van der Waals surface area contributed by atoms with Crippen molar-refractivity contribution in [2.24, 2.45) is 17.8 Å². The van der Waals surface area contributed by atoms with Gasteiger partial charge in [0.05, 0.1) is 15.7 Å². The van der Waals surface area contributed by atoms with Crippen LogP contribution in [-0.2, 0) is 9.84 Å². The van der Waals surface area contributed by atoms with Crippen LogP contribution in [0.3, 0.4) is 0 Å². The van der Waals surface area contributed by atoms with Gasteiger partial charge >= 0.3 is 0 Å². The average molecular weight is 468 g/mol. The summed E-state index contributed by atoms with van der Waals surface area (Å²) in [6, 6.07) is 5.44. The van der Waals surface area contributed by atoms with Crippen LogP contribution in [-0.4, -0.2) is 30.3 Å². The summed E-state index contributed by atoms with van der Waals surface area (Å²) in [6.07, 6.45) is 0.688. The lowest BCUT2D eigenvalue weighted by Gasteiger charge is -2.61. The van der Waals surface area contributed by atoms with Crippen LogP contribution in [0.15, 0.2) is 35.2 Å². The van der Waals surface area contributed by atoms with Crippen LogP contribution < -0.4 is 5.32 Å². The van der Waals surface area contributed by atoms with E-state index >= 15 is 0 Å². The van der Waals surface area contributed by atoms with Gasteiger partial charge in [0, 0.05) is 23.4 Å². The zero-order chi connectivity index (χ0) is 23.6. The van der Waals surface area contributed by atoms with Crippen LogP contribution in [0.2, 0.25) is 0 Å². The fourth-order valence-electron chi connectivity index (χ4n) is 5.38. The lowest BCUT2D eigenvalue weighted by Crippen LogP contribution is -2.65. The van der Waals surface area contributed by atoms with Gasteiger partial charge in [0.25, 0.3) is 5.91 Å². The summed E-state index contributed by atoms with van der Waals surface area (Å²) in [7, 11) is -3.78. The molecule has 0 spiro atoms. The monoisotopic (exact) mass is 467 g/mol. The van der Waals surface area contributed by atoms with Crippen molar-refractivity contribution in [3.63, 3.8) is 0 Å². The number of hydrogen-bond donors (Lipinski definition) is 2. The summed E-state index contributed by atoms with van der Waals surface area (Å²) in [5.74, 6) is -5.28. The third-order valence-electron chi connectivity index (χ3n) is 7.24. The van der Waals surface area contributed by atoms with Gasteiger partial charge in [0.2, 0.25) is 0 Å². The van der Waals surface area contributed by atoms with Crippen molar-refractivity contribution in [3.8, 4) is 0 Å². The molecule has 0 heterocycles. The predicted molar refractivity (Wildman–Crippen MR) is 112 cm³/mol. The molecule has 3 saturated carbocycles. The Morgan fingerprint density at radius 2 is 1.66 bits per heavy atom. The molecular weight excluding hydrogens is 443 g/mol. The number of hydrogen-bond acceptors (Lipinski definition) is 4. The van der Waals surface area contributed by atoms with Crippen molar-refractivity contribution in [2.75, 3.05) is 5.32 Å². The van der Waals surface area contributed by atoms with Gasteiger partial charge < -0.3 is 10.4 Å². The van der Waals surface area contributed by atoms with Crippen molar-refractivity contribution in [2.45, 2.75) is 49.4 Å². The number of amides is 1. The highest BCUT2D eigenvalue weighted by molar-refractivity contribution is 7.92. The first-order valence-corrected chi connectivity index (χ1v) is 11.9. The highest BCUT2D eigenvalue weighted by atomic mass is 32.2. The molecule has 2 unspecified atom stereocenters. The number of anilines is 1. The van der Waals surface area contributed by atoms with Crippen molar-refractivity contribution >= 4 is 21.4 Å². The minimum atomic E-state index is -3.78. The molecule has 3 fully saturated rings. The lowest BCUT2D eigenvalue weighted by atomic mass is 9.48. The average Bonchev–Trinajstić information content (AvgIpc) is 2.72. The van der Waals surface area contributed by atoms with Crippen LogP contribution in [0.25, 0.3) is 0 Å². The zero-order valence-electron chi connectivity index (χ0n) is 17.8. The molecule has 0 saturated heterocycles. The zero-order valence-corrected chi connectivity index (χ0v) is 18.6. The molecule has 1 amide bonds. The first kappa shape index (κ1) is 22.8. The van der Waals surface area contributed by atoms with E-state index in [0.717, 1.165) is 0 Å². The first-order valence-electron chi connectivity index (χ1n) is 10.4. The predicted octanol–water partition coefficient (Wildman–Crippen LogP) is 4.23. The second kappa shape index (κ2) is 7.59. The fourth-order valence-corrected chi connectivity index (χ4v) is 7.47. The molecule has 9 heteroatoms. The third-order valence-corrected chi connectivity index (χ3v) is 9.56. The Kier molecular flexibility index (Phi) is 5.40. The number of sulfone groups is 1. The standard InChI is InChI=1S/C23H24F3NO4S/c1-11-4-5-13(22(28)27-14-7-18(24)21(26)19(25)8-14)6-20(11)32(30,31)15-9-16-12(2)17(10-15)23(16,3)29/h4-8,12,15-17,29H,9-10H2,1-3H3,(H,27,28)/t12-,15?,16?,17?,23+. The topological polar surface area (TPSA) is 83.5 Å². The van der Waals surface area contributed by atoms with E-state index in [1.54, 1.807) is 13.8 Å². The van der Waals surface area contributed by atoms with Gasteiger partial charge in [0.15, 0.2) is 27.3 Å². The third kappa shape index (κ3) is 3.51. The molecule has 3 aliphatic rings. The number of aryl methyl sites for hydroxylation is 1. The number of aliphatic hydroxyl groups is 1. The molecule has 5 rings (SSSR count). The van der Waals surface area contributed by atoms with Gasteiger partial charge in [-0.3, -0.25) is 4.79 Å². The quantitative estimate of drug-likeness (QED) is 0.659. The summed E-state index contributed by atoms with van der Waals surface area (Å²) in [5.41, 5.74) is -0.692. The maximum Gasteiger partial charge on any atom is 0.255 e. The molecule has 2 atom stereocenters. The minimum Gasteiger partial charge on any atom is -0.390 e. The molecule has 0 aliphatic heterocycles. The van der Waals surface area contributed by atoms with E-state index in [-0.39, 0.29) is 33.9 Å². The summed E-state index contributed by atoms with van der Waals surface area (Å²) >= 11 is 0. The highest BCUT2D eigenvalue weighted by Crippen LogP contribution is 2.58. The van der Waals surface area contributed by atoms with Crippen molar-refractivity contribution in [1.29, 1.82) is 0 Å². The van der Waals surface area contributed by atoms with Gasteiger partial charge in [-0.05, 0) is 62.1 Å². The van der Waals surface area contributed by atoms with Crippen LogP contribution in [0.1, 0.15) is 42.6 Å². The molecule has 2 aromatic carbocycles. The summed E-state index contributed by atoms with van der Waals surface area (Å²) in [6.45, 7) is 5.40. The SMILES string of the molecule is Cc1ccc(C(=O)Nc2cc(F)c(F)c(F)c2)cc1S(=O)(=O)C1CC2[C@H](C)C(C1)[C@]2(C)O. The summed E-state index contributed by atoms with van der Waals surface area (Å²) in [4.78, 5) is 12.6. The molecular formula is C23H24F3NO4S. The van der Waals surface area contributed by atoms with Gasteiger partial charge in [-0.2, -0.15) is 0 Å². The highest BCUT2D eigenvalue weighted by Gasteiger charge is 2.61. The van der Waals surface area contributed by atoms with Crippen molar-refractivity contribution in [3.05, 3.63) is 58.9 Å². The van der Waals surface area contributed by atoms with Crippen molar-refractivity contribution in [1.82, 2.24) is 0 Å². The van der Waals surface area contributed by atoms with Gasteiger partial charge in [-0.15, -0.1) is 0 Å². The number of benzene rings is 2. The Balaban J connectivity index is 1.60. The lowest BCUT2D eigenvalue weighted by molar-refractivity contribution is -0.204. The van der Waals surface area contributed by atoms with E-state index in [1.165, 1.54) is 18.2 Å². The maximum atomic E-state index is 13.4. The number of carbonyl (C=O) groups is 1.